The smallest absolute Gasteiger partial charge is 0.0767 e. The minimum absolute atomic E-state index is 0.810. The molecule has 2 N–H and O–H groups in total. The van der Waals surface area contributed by atoms with Crippen LogP contribution in [-0.2, 0) is 6.54 Å². The van der Waals surface area contributed by atoms with E-state index < -0.39 is 0 Å². The van der Waals surface area contributed by atoms with Gasteiger partial charge >= 0.3 is 0 Å². The number of fused-ring (bicyclic) bond motifs is 1. The van der Waals surface area contributed by atoms with Gasteiger partial charge in [0.05, 0.1) is 5.52 Å². The van der Waals surface area contributed by atoms with Gasteiger partial charge in [-0.1, -0.05) is 6.07 Å². The van der Waals surface area contributed by atoms with Crippen molar-refractivity contribution in [3.8, 4) is 0 Å². The average molecular weight is 256 g/mol. The molecule has 3 rings (SSSR count). The first-order valence-corrected chi connectivity index (χ1v) is 6.77. The molecule has 19 heavy (non-hydrogen) atoms. The highest BCUT2D eigenvalue weighted by Gasteiger charge is 2.15. The number of rotatable bonds is 2. The molecule has 0 spiro atoms. The van der Waals surface area contributed by atoms with E-state index in [1.807, 2.05) is 24.4 Å². The zero-order valence-electron chi connectivity index (χ0n) is 11.3. The molecule has 0 atom stereocenters. The van der Waals surface area contributed by atoms with Crippen LogP contribution < -0.4 is 5.73 Å². The maximum absolute atomic E-state index is 6.02. The highest BCUT2D eigenvalue weighted by molar-refractivity contribution is 5.92. The Balaban J connectivity index is 1.87. The summed E-state index contributed by atoms with van der Waals surface area (Å²) in [5, 5.41) is 1.06. The summed E-state index contributed by atoms with van der Waals surface area (Å²) < 4.78 is 0. The lowest BCUT2D eigenvalue weighted by Gasteiger charge is -2.32. The van der Waals surface area contributed by atoms with Crippen molar-refractivity contribution in [3.05, 3.63) is 36.0 Å². The predicted octanol–water partition coefficient (Wildman–Crippen LogP) is 1.56. The van der Waals surface area contributed by atoms with E-state index in [0.717, 1.165) is 49.3 Å². The van der Waals surface area contributed by atoms with Crippen molar-refractivity contribution in [1.29, 1.82) is 0 Å². The van der Waals surface area contributed by atoms with Crippen LogP contribution in [0.2, 0.25) is 0 Å². The zero-order chi connectivity index (χ0) is 13.2. The van der Waals surface area contributed by atoms with Crippen molar-refractivity contribution in [2.75, 3.05) is 39.0 Å². The molecule has 0 amide bonds. The fourth-order valence-corrected chi connectivity index (χ4v) is 2.63. The maximum Gasteiger partial charge on any atom is 0.0767 e. The van der Waals surface area contributed by atoms with E-state index in [1.165, 1.54) is 5.56 Å². The van der Waals surface area contributed by atoms with E-state index in [0.29, 0.717) is 0 Å². The molecule has 4 heteroatoms. The van der Waals surface area contributed by atoms with Crippen molar-refractivity contribution in [1.82, 2.24) is 14.8 Å². The van der Waals surface area contributed by atoms with Gasteiger partial charge in [-0.25, -0.2) is 0 Å². The molecule has 1 aromatic heterocycles. The van der Waals surface area contributed by atoms with Crippen molar-refractivity contribution < 1.29 is 0 Å². The van der Waals surface area contributed by atoms with E-state index in [-0.39, 0.29) is 0 Å². The van der Waals surface area contributed by atoms with Crippen molar-refractivity contribution in [2.24, 2.45) is 0 Å². The second-order valence-electron chi connectivity index (χ2n) is 5.29. The number of nitrogens with two attached hydrogens (primary N) is 1. The van der Waals surface area contributed by atoms with Crippen LogP contribution in [0.5, 0.6) is 0 Å². The van der Waals surface area contributed by atoms with Gasteiger partial charge < -0.3 is 10.6 Å². The second kappa shape index (κ2) is 5.15. The lowest BCUT2D eigenvalue weighted by Crippen LogP contribution is -2.43. The number of piperazine rings is 1. The number of nitrogen functional groups attached to an aromatic ring is 1. The average Bonchev–Trinajstić information content (AvgIpc) is 2.45. The second-order valence-corrected chi connectivity index (χ2v) is 5.29. The molecule has 2 aromatic rings. The van der Waals surface area contributed by atoms with Crippen LogP contribution in [0.3, 0.4) is 0 Å². The normalized spacial score (nSPS) is 17.9. The van der Waals surface area contributed by atoms with E-state index in [2.05, 4.69) is 27.9 Å². The number of pyridine rings is 1. The number of benzene rings is 1. The zero-order valence-corrected chi connectivity index (χ0v) is 11.3. The lowest BCUT2D eigenvalue weighted by molar-refractivity contribution is 0.148. The standard InChI is InChI=1S/C15H20N4/c1-18-7-9-19(10-8-18)11-12-4-5-14(16)13-3-2-6-17-15(12)13/h2-6H,7-11,16H2,1H3. The van der Waals surface area contributed by atoms with Gasteiger partial charge in [0.2, 0.25) is 0 Å². The summed E-state index contributed by atoms with van der Waals surface area (Å²) in [6, 6.07) is 8.10. The van der Waals surface area contributed by atoms with Gasteiger partial charge in [-0.3, -0.25) is 9.88 Å². The highest BCUT2D eigenvalue weighted by atomic mass is 15.2. The Kier molecular flexibility index (Phi) is 3.36. The number of anilines is 1. The van der Waals surface area contributed by atoms with E-state index >= 15 is 0 Å². The molecule has 1 fully saturated rings. The Hall–Kier alpha value is -1.65. The van der Waals surface area contributed by atoms with Gasteiger partial charge in [0.25, 0.3) is 0 Å². The summed E-state index contributed by atoms with van der Waals surface area (Å²) in [7, 11) is 2.18. The van der Waals surface area contributed by atoms with E-state index in [9.17, 15) is 0 Å². The van der Waals surface area contributed by atoms with Crippen LogP contribution >= 0.6 is 0 Å². The van der Waals surface area contributed by atoms with Crippen molar-refractivity contribution >= 4 is 16.6 Å². The Morgan fingerprint density at radius 1 is 1.16 bits per heavy atom. The van der Waals surface area contributed by atoms with Gasteiger partial charge in [0.1, 0.15) is 0 Å². The molecule has 0 unspecified atom stereocenters. The van der Waals surface area contributed by atoms with Crippen molar-refractivity contribution in [2.45, 2.75) is 6.54 Å². The van der Waals surface area contributed by atoms with Gasteiger partial charge in [-0.05, 0) is 30.8 Å². The first-order valence-electron chi connectivity index (χ1n) is 6.77. The molecule has 0 saturated carbocycles. The lowest BCUT2D eigenvalue weighted by atomic mass is 10.1. The van der Waals surface area contributed by atoms with E-state index in [1.54, 1.807) is 0 Å². The Morgan fingerprint density at radius 3 is 2.74 bits per heavy atom. The van der Waals surface area contributed by atoms with Crippen molar-refractivity contribution in [3.63, 3.8) is 0 Å². The van der Waals surface area contributed by atoms with Crippen LogP contribution in [0.15, 0.2) is 30.5 Å². The molecule has 1 aliphatic heterocycles. The fourth-order valence-electron chi connectivity index (χ4n) is 2.63. The van der Waals surface area contributed by atoms with Crippen LogP contribution in [0.25, 0.3) is 10.9 Å². The summed E-state index contributed by atoms with van der Waals surface area (Å²) in [6.07, 6.45) is 1.84. The number of likely N-dealkylation sites (N-methyl/N-ethyl adjacent to an activating group) is 1. The summed E-state index contributed by atoms with van der Waals surface area (Å²) in [4.78, 5) is 9.36. The molecular formula is C15H20N4. The first kappa shape index (κ1) is 12.4. The van der Waals surface area contributed by atoms with Crippen LogP contribution in [-0.4, -0.2) is 48.0 Å². The molecule has 1 aliphatic rings. The summed E-state index contributed by atoms with van der Waals surface area (Å²) in [5.41, 5.74) is 9.14. The quantitative estimate of drug-likeness (QED) is 0.828. The third-order valence-electron chi connectivity index (χ3n) is 3.88. The molecule has 0 radical (unpaired) electrons. The Labute approximate surface area is 113 Å². The molecule has 0 bridgehead atoms. The number of hydrogen-bond acceptors (Lipinski definition) is 4. The minimum atomic E-state index is 0.810. The molecule has 2 heterocycles. The van der Waals surface area contributed by atoms with Gasteiger partial charge in [0.15, 0.2) is 0 Å². The molecule has 1 saturated heterocycles. The predicted molar refractivity (Wildman–Crippen MR) is 78.9 cm³/mol. The van der Waals surface area contributed by atoms with E-state index in [4.69, 9.17) is 5.73 Å². The summed E-state index contributed by atoms with van der Waals surface area (Å²) in [6.45, 7) is 5.48. The Bertz CT molecular complexity index is 573. The molecular weight excluding hydrogens is 236 g/mol. The monoisotopic (exact) mass is 256 g/mol. The molecule has 100 valence electrons. The topological polar surface area (TPSA) is 45.4 Å². The highest BCUT2D eigenvalue weighted by Crippen LogP contribution is 2.23. The fraction of sp³-hybridized carbons (Fsp3) is 0.400. The number of hydrogen-bond donors (Lipinski definition) is 1. The number of nitrogens with zero attached hydrogens (tertiary/aromatic N) is 3. The molecule has 4 nitrogen and oxygen atoms in total. The number of aromatic nitrogens is 1. The van der Waals surface area contributed by atoms with Crippen LogP contribution in [0, 0.1) is 0 Å². The largest absolute Gasteiger partial charge is 0.398 e. The van der Waals surface area contributed by atoms with Gasteiger partial charge in [-0.2, -0.15) is 0 Å². The SMILES string of the molecule is CN1CCN(Cc2ccc(N)c3cccnc23)CC1. The third-order valence-corrected chi connectivity index (χ3v) is 3.88. The first-order chi connectivity index (χ1) is 9.24. The summed E-state index contributed by atoms with van der Waals surface area (Å²) >= 11 is 0. The van der Waals surface area contributed by atoms with Crippen LogP contribution in [0.4, 0.5) is 5.69 Å². The Morgan fingerprint density at radius 2 is 1.95 bits per heavy atom. The molecule has 1 aromatic carbocycles. The maximum atomic E-state index is 6.02. The molecule has 0 aliphatic carbocycles. The van der Waals surface area contributed by atoms with Crippen LogP contribution in [0.1, 0.15) is 5.56 Å². The minimum Gasteiger partial charge on any atom is -0.398 e. The van der Waals surface area contributed by atoms with Gasteiger partial charge in [-0.15, -0.1) is 0 Å². The third kappa shape index (κ3) is 2.55. The van der Waals surface area contributed by atoms with Gasteiger partial charge in [0, 0.05) is 50.0 Å². The summed E-state index contributed by atoms with van der Waals surface area (Å²) in [5.74, 6) is 0.